The standard InChI is InChI=1S/C21H25N5O2/c1-13(2)28-19-11-14(7-9-23-19)20-17-10-15(5-6-18(17)25-26-20)21(27)24-16-4-3-8-22-12-16/h5-7,9-11,13,16,22H,3-4,8,12H2,1-2H3,(H,24,27)(H,25,26). The van der Waals surface area contributed by atoms with Gasteiger partial charge in [0.1, 0.15) is 5.69 Å². The predicted molar refractivity (Wildman–Crippen MR) is 108 cm³/mol. The van der Waals surface area contributed by atoms with E-state index in [1.165, 1.54) is 0 Å². The monoisotopic (exact) mass is 379 g/mol. The molecule has 3 N–H and O–H groups in total. The number of hydrogen-bond donors (Lipinski definition) is 3. The summed E-state index contributed by atoms with van der Waals surface area (Å²) in [6.45, 7) is 5.77. The third kappa shape index (κ3) is 3.99. The van der Waals surface area contributed by atoms with Gasteiger partial charge >= 0.3 is 0 Å². The van der Waals surface area contributed by atoms with Crippen LogP contribution in [0.2, 0.25) is 0 Å². The van der Waals surface area contributed by atoms with Gasteiger partial charge in [0.2, 0.25) is 5.88 Å². The average Bonchev–Trinajstić information content (AvgIpc) is 3.11. The van der Waals surface area contributed by atoms with E-state index < -0.39 is 0 Å². The molecule has 4 rings (SSSR count). The van der Waals surface area contributed by atoms with E-state index in [9.17, 15) is 4.79 Å². The van der Waals surface area contributed by atoms with Crippen molar-refractivity contribution in [3.63, 3.8) is 0 Å². The van der Waals surface area contributed by atoms with Crippen LogP contribution in [0.1, 0.15) is 37.0 Å². The van der Waals surface area contributed by atoms with Gasteiger partial charge in [0, 0.05) is 41.4 Å². The second-order valence-corrected chi connectivity index (χ2v) is 7.40. The molecule has 0 bridgehead atoms. The Morgan fingerprint density at radius 3 is 2.96 bits per heavy atom. The molecule has 7 nitrogen and oxygen atoms in total. The zero-order valence-corrected chi connectivity index (χ0v) is 16.2. The lowest BCUT2D eigenvalue weighted by Crippen LogP contribution is -2.45. The fourth-order valence-electron chi connectivity index (χ4n) is 3.48. The molecule has 1 amide bonds. The quantitative estimate of drug-likeness (QED) is 0.634. The number of benzene rings is 1. The summed E-state index contributed by atoms with van der Waals surface area (Å²) in [6, 6.07) is 9.56. The van der Waals surface area contributed by atoms with Crippen molar-refractivity contribution >= 4 is 16.8 Å². The molecule has 0 radical (unpaired) electrons. The third-order valence-electron chi connectivity index (χ3n) is 4.82. The van der Waals surface area contributed by atoms with Crippen LogP contribution < -0.4 is 15.4 Å². The van der Waals surface area contributed by atoms with Crippen molar-refractivity contribution in [1.82, 2.24) is 25.8 Å². The van der Waals surface area contributed by atoms with E-state index in [1.807, 2.05) is 44.2 Å². The Morgan fingerprint density at radius 2 is 2.18 bits per heavy atom. The molecule has 1 fully saturated rings. The maximum Gasteiger partial charge on any atom is 0.251 e. The number of aromatic amines is 1. The average molecular weight is 379 g/mol. The summed E-state index contributed by atoms with van der Waals surface area (Å²) in [5, 5.41) is 14.8. The van der Waals surface area contributed by atoms with Gasteiger partial charge in [0.05, 0.1) is 11.6 Å². The molecule has 28 heavy (non-hydrogen) atoms. The highest BCUT2D eigenvalue weighted by molar-refractivity contribution is 6.01. The SMILES string of the molecule is CC(C)Oc1cc(-c2n[nH]c3ccc(C(=O)NC4CCCNC4)cc23)ccn1. The molecule has 2 aromatic heterocycles. The van der Waals surface area contributed by atoms with Crippen LogP contribution >= 0.6 is 0 Å². The van der Waals surface area contributed by atoms with Crippen LogP contribution in [0.4, 0.5) is 0 Å². The van der Waals surface area contributed by atoms with Crippen LogP contribution in [0.5, 0.6) is 5.88 Å². The molecule has 3 aromatic rings. The fraction of sp³-hybridized carbons (Fsp3) is 0.381. The summed E-state index contributed by atoms with van der Waals surface area (Å²) >= 11 is 0. The molecule has 1 saturated heterocycles. The Morgan fingerprint density at radius 1 is 1.29 bits per heavy atom. The van der Waals surface area contributed by atoms with Gasteiger partial charge in [0.15, 0.2) is 0 Å². The largest absolute Gasteiger partial charge is 0.475 e. The lowest BCUT2D eigenvalue weighted by atomic mass is 10.0. The van der Waals surface area contributed by atoms with E-state index in [0.29, 0.717) is 11.4 Å². The number of ether oxygens (including phenoxy) is 1. The van der Waals surface area contributed by atoms with Crippen LogP contribution in [-0.2, 0) is 0 Å². The van der Waals surface area contributed by atoms with Crippen LogP contribution in [0.3, 0.4) is 0 Å². The Labute approximate surface area is 163 Å². The number of carbonyl (C=O) groups excluding carboxylic acids is 1. The Bertz CT molecular complexity index is 976. The maximum absolute atomic E-state index is 12.7. The van der Waals surface area contributed by atoms with E-state index >= 15 is 0 Å². The predicted octanol–water partition coefficient (Wildman–Crippen LogP) is 2.89. The molecule has 7 heteroatoms. The summed E-state index contributed by atoms with van der Waals surface area (Å²) in [5.41, 5.74) is 3.19. The zero-order chi connectivity index (χ0) is 19.5. The molecule has 1 aliphatic heterocycles. The van der Waals surface area contributed by atoms with E-state index in [1.54, 1.807) is 6.20 Å². The molecular weight excluding hydrogens is 354 g/mol. The number of hydrogen-bond acceptors (Lipinski definition) is 5. The number of piperidine rings is 1. The number of rotatable bonds is 5. The maximum atomic E-state index is 12.7. The van der Waals surface area contributed by atoms with Crippen molar-refractivity contribution in [2.75, 3.05) is 13.1 Å². The first-order valence-electron chi connectivity index (χ1n) is 9.73. The van der Waals surface area contributed by atoms with Crippen molar-refractivity contribution < 1.29 is 9.53 Å². The van der Waals surface area contributed by atoms with E-state index in [4.69, 9.17) is 4.74 Å². The third-order valence-corrected chi connectivity index (χ3v) is 4.82. The summed E-state index contributed by atoms with van der Waals surface area (Å²) in [4.78, 5) is 17.0. The topological polar surface area (TPSA) is 91.9 Å². The normalized spacial score (nSPS) is 17.0. The number of amides is 1. The minimum absolute atomic E-state index is 0.0447. The second kappa shape index (κ2) is 7.98. The fourth-order valence-corrected chi connectivity index (χ4v) is 3.48. The number of carbonyl (C=O) groups is 1. The Hall–Kier alpha value is -2.93. The minimum Gasteiger partial charge on any atom is -0.475 e. The highest BCUT2D eigenvalue weighted by atomic mass is 16.5. The van der Waals surface area contributed by atoms with Crippen LogP contribution in [0, 0.1) is 0 Å². The van der Waals surface area contributed by atoms with Crippen molar-refractivity contribution in [3.05, 3.63) is 42.1 Å². The van der Waals surface area contributed by atoms with E-state index in [2.05, 4.69) is 25.8 Å². The molecule has 146 valence electrons. The van der Waals surface area contributed by atoms with Gasteiger partial charge in [-0.2, -0.15) is 5.10 Å². The highest BCUT2D eigenvalue weighted by Gasteiger charge is 2.18. The molecular formula is C21H25N5O2. The van der Waals surface area contributed by atoms with Crippen LogP contribution in [0.25, 0.3) is 22.2 Å². The number of aromatic nitrogens is 3. The van der Waals surface area contributed by atoms with Gasteiger partial charge in [-0.3, -0.25) is 9.89 Å². The minimum atomic E-state index is -0.0543. The molecule has 0 saturated carbocycles. The molecule has 1 aromatic carbocycles. The van der Waals surface area contributed by atoms with E-state index in [-0.39, 0.29) is 18.1 Å². The lowest BCUT2D eigenvalue weighted by molar-refractivity contribution is 0.0931. The van der Waals surface area contributed by atoms with Crippen molar-refractivity contribution in [1.29, 1.82) is 0 Å². The van der Waals surface area contributed by atoms with Gasteiger partial charge in [-0.05, 0) is 57.5 Å². The zero-order valence-electron chi connectivity index (χ0n) is 16.2. The second-order valence-electron chi connectivity index (χ2n) is 7.40. The van der Waals surface area contributed by atoms with Gasteiger partial charge in [-0.15, -0.1) is 0 Å². The summed E-state index contributed by atoms with van der Waals surface area (Å²) < 4.78 is 5.69. The Balaban J connectivity index is 1.62. The number of fused-ring (bicyclic) bond motifs is 1. The highest BCUT2D eigenvalue weighted by Crippen LogP contribution is 2.28. The van der Waals surface area contributed by atoms with E-state index in [0.717, 1.165) is 48.1 Å². The van der Waals surface area contributed by atoms with Crippen molar-refractivity contribution in [2.24, 2.45) is 0 Å². The summed E-state index contributed by atoms with van der Waals surface area (Å²) in [7, 11) is 0. The summed E-state index contributed by atoms with van der Waals surface area (Å²) in [6.07, 6.45) is 3.84. The first kappa shape index (κ1) is 18.4. The number of nitrogens with one attached hydrogen (secondary N) is 3. The number of nitrogens with zero attached hydrogens (tertiary/aromatic N) is 2. The van der Waals surface area contributed by atoms with Crippen molar-refractivity contribution in [2.45, 2.75) is 38.8 Å². The van der Waals surface area contributed by atoms with Crippen LogP contribution in [-0.4, -0.2) is 46.3 Å². The van der Waals surface area contributed by atoms with Crippen LogP contribution in [0.15, 0.2) is 36.5 Å². The Kier molecular flexibility index (Phi) is 5.25. The van der Waals surface area contributed by atoms with Gasteiger partial charge < -0.3 is 15.4 Å². The number of H-pyrrole nitrogens is 1. The first-order chi connectivity index (χ1) is 13.6. The molecule has 3 heterocycles. The number of pyridine rings is 1. The molecule has 0 spiro atoms. The molecule has 0 aliphatic carbocycles. The van der Waals surface area contributed by atoms with Gasteiger partial charge in [0.25, 0.3) is 5.91 Å². The van der Waals surface area contributed by atoms with Gasteiger partial charge in [-0.1, -0.05) is 0 Å². The van der Waals surface area contributed by atoms with Crippen molar-refractivity contribution in [3.8, 4) is 17.1 Å². The first-order valence-corrected chi connectivity index (χ1v) is 9.73. The lowest BCUT2D eigenvalue weighted by Gasteiger charge is -2.23. The molecule has 1 aliphatic rings. The molecule has 1 atom stereocenters. The smallest absolute Gasteiger partial charge is 0.251 e. The van der Waals surface area contributed by atoms with Gasteiger partial charge in [-0.25, -0.2) is 4.98 Å². The molecule has 1 unspecified atom stereocenters. The summed E-state index contributed by atoms with van der Waals surface area (Å²) in [5.74, 6) is 0.503.